The van der Waals surface area contributed by atoms with E-state index in [2.05, 4.69) is 15.5 Å². The Morgan fingerprint density at radius 3 is 3.09 bits per heavy atom. The SMILES string of the molecule is Cc1ccc(Nc2nnc(SC[C@H]3CCCCO3)s2)cc1Cl. The molecule has 1 aromatic heterocycles. The maximum atomic E-state index is 6.13. The summed E-state index contributed by atoms with van der Waals surface area (Å²) in [5, 5.41) is 13.2. The molecule has 0 aliphatic carbocycles. The lowest BCUT2D eigenvalue weighted by molar-refractivity contribution is 0.0315. The third-order valence-corrected chi connectivity index (χ3v) is 6.01. The standard InChI is InChI=1S/C15H18ClN3OS2/c1-10-5-6-11(8-13(10)16)17-14-18-19-15(22-14)21-9-12-4-2-3-7-20-12/h5-6,8,12H,2-4,7,9H2,1H3,(H,17,18)/t12-/m1/s1. The van der Waals surface area contributed by atoms with Crippen LogP contribution >= 0.6 is 34.7 Å². The van der Waals surface area contributed by atoms with E-state index in [0.29, 0.717) is 6.10 Å². The average molecular weight is 356 g/mol. The van der Waals surface area contributed by atoms with E-state index < -0.39 is 0 Å². The molecule has 0 bridgehead atoms. The minimum Gasteiger partial charge on any atom is -0.377 e. The molecule has 1 saturated heterocycles. The number of benzene rings is 1. The number of nitrogens with zero attached hydrogens (tertiary/aromatic N) is 2. The smallest absolute Gasteiger partial charge is 0.210 e. The molecule has 7 heteroatoms. The van der Waals surface area contributed by atoms with Gasteiger partial charge in [0.25, 0.3) is 0 Å². The Hall–Kier alpha value is -0.820. The topological polar surface area (TPSA) is 47.0 Å². The van der Waals surface area contributed by atoms with E-state index in [-0.39, 0.29) is 0 Å². The van der Waals surface area contributed by atoms with Gasteiger partial charge in [-0.1, -0.05) is 40.8 Å². The molecule has 1 aliphatic heterocycles. The van der Waals surface area contributed by atoms with Crippen LogP contribution in [0.2, 0.25) is 5.02 Å². The minimum absolute atomic E-state index is 0.356. The second kappa shape index (κ2) is 7.64. The molecule has 1 fully saturated rings. The minimum atomic E-state index is 0.356. The molecule has 1 N–H and O–H groups in total. The van der Waals surface area contributed by atoms with Crippen LogP contribution in [0.15, 0.2) is 22.5 Å². The van der Waals surface area contributed by atoms with Crippen molar-refractivity contribution in [2.75, 3.05) is 17.7 Å². The Bertz CT molecular complexity index is 629. The Morgan fingerprint density at radius 2 is 2.32 bits per heavy atom. The van der Waals surface area contributed by atoms with Gasteiger partial charge in [0, 0.05) is 23.1 Å². The highest BCUT2D eigenvalue weighted by molar-refractivity contribution is 8.01. The first-order valence-electron chi connectivity index (χ1n) is 7.32. The number of hydrogen-bond acceptors (Lipinski definition) is 6. The number of aromatic nitrogens is 2. The van der Waals surface area contributed by atoms with Crippen molar-refractivity contribution in [2.45, 2.75) is 36.6 Å². The van der Waals surface area contributed by atoms with Crippen molar-refractivity contribution in [3.63, 3.8) is 0 Å². The van der Waals surface area contributed by atoms with Crippen LogP contribution in [0.5, 0.6) is 0 Å². The van der Waals surface area contributed by atoms with Gasteiger partial charge in [0.1, 0.15) is 0 Å². The molecule has 1 aromatic carbocycles. The van der Waals surface area contributed by atoms with Crippen LogP contribution in [0.1, 0.15) is 24.8 Å². The zero-order valence-electron chi connectivity index (χ0n) is 12.3. The van der Waals surface area contributed by atoms with Crippen molar-refractivity contribution in [1.29, 1.82) is 0 Å². The fraction of sp³-hybridized carbons (Fsp3) is 0.467. The molecule has 1 aliphatic rings. The van der Waals surface area contributed by atoms with Gasteiger partial charge in [-0.2, -0.15) is 0 Å². The molecule has 0 unspecified atom stereocenters. The quantitative estimate of drug-likeness (QED) is 0.772. The predicted molar refractivity (Wildman–Crippen MR) is 93.7 cm³/mol. The number of thioether (sulfide) groups is 1. The third-order valence-electron chi connectivity index (χ3n) is 3.50. The second-order valence-corrected chi connectivity index (χ2v) is 7.91. The number of nitrogens with one attached hydrogen (secondary N) is 1. The van der Waals surface area contributed by atoms with Gasteiger partial charge in [-0.05, 0) is 43.9 Å². The van der Waals surface area contributed by atoms with Crippen LogP contribution in [0, 0.1) is 6.92 Å². The lowest BCUT2D eigenvalue weighted by Crippen LogP contribution is -2.21. The summed E-state index contributed by atoms with van der Waals surface area (Å²) in [6.07, 6.45) is 3.96. The van der Waals surface area contributed by atoms with Gasteiger partial charge in [-0.3, -0.25) is 0 Å². The normalized spacial score (nSPS) is 18.4. The van der Waals surface area contributed by atoms with Crippen LogP contribution in [0.4, 0.5) is 10.8 Å². The molecule has 0 spiro atoms. The Labute approximate surface area is 143 Å². The molecule has 22 heavy (non-hydrogen) atoms. The summed E-state index contributed by atoms with van der Waals surface area (Å²) in [5.74, 6) is 0.949. The summed E-state index contributed by atoms with van der Waals surface area (Å²) >= 11 is 9.41. The molecule has 2 aromatic rings. The molecule has 0 amide bonds. The van der Waals surface area contributed by atoms with Gasteiger partial charge in [-0.25, -0.2) is 0 Å². The van der Waals surface area contributed by atoms with E-state index in [4.69, 9.17) is 16.3 Å². The average Bonchev–Trinajstić information content (AvgIpc) is 2.97. The molecule has 2 heterocycles. The maximum absolute atomic E-state index is 6.13. The van der Waals surface area contributed by atoms with Crippen LogP contribution < -0.4 is 5.32 Å². The van der Waals surface area contributed by atoms with Gasteiger partial charge in [0.05, 0.1) is 6.10 Å². The fourth-order valence-electron chi connectivity index (χ4n) is 2.22. The number of aryl methyl sites for hydroxylation is 1. The van der Waals surface area contributed by atoms with E-state index in [1.807, 2.05) is 25.1 Å². The van der Waals surface area contributed by atoms with E-state index in [1.54, 1.807) is 23.1 Å². The molecule has 118 valence electrons. The monoisotopic (exact) mass is 355 g/mol. The van der Waals surface area contributed by atoms with Crippen LogP contribution in [0.25, 0.3) is 0 Å². The van der Waals surface area contributed by atoms with Crippen molar-refractivity contribution in [1.82, 2.24) is 10.2 Å². The van der Waals surface area contributed by atoms with Crippen molar-refractivity contribution < 1.29 is 4.74 Å². The number of halogens is 1. The number of anilines is 2. The van der Waals surface area contributed by atoms with E-state index in [9.17, 15) is 0 Å². The van der Waals surface area contributed by atoms with E-state index in [1.165, 1.54) is 12.8 Å². The lowest BCUT2D eigenvalue weighted by Gasteiger charge is -2.21. The van der Waals surface area contributed by atoms with Crippen molar-refractivity contribution in [2.24, 2.45) is 0 Å². The van der Waals surface area contributed by atoms with Gasteiger partial charge in [0.15, 0.2) is 4.34 Å². The largest absolute Gasteiger partial charge is 0.377 e. The first-order chi connectivity index (χ1) is 10.7. The highest BCUT2D eigenvalue weighted by Crippen LogP contribution is 2.30. The van der Waals surface area contributed by atoms with Crippen molar-refractivity contribution >= 4 is 45.5 Å². The van der Waals surface area contributed by atoms with Crippen molar-refractivity contribution in [3.8, 4) is 0 Å². The first-order valence-corrected chi connectivity index (χ1v) is 9.50. The lowest BCUT2D eigenvalue weighted by atomic mass is 10.1. The van der Waals surface area contributed by atoms with Gasteiger partial charge < -0.3 is 10.1 Å². The highest BCUT2D eigenvalue weighted by Gasteiger charge is 2.15. The molecule has 0 radical (unpaired) electrons. The molecular formula is C15H18ClN3OS2. The summed E-state index contributed by atoms with van der Waals surface area (Å²) in [7, 11) is 0. The Balaban J connectivity index is 1.55. The fourth-order valence-corrected chi connectivity index (χ4v) is 4.26. The molecular weight excluding hydrogens is 338 g/mol. The summed E-state index contributed by atoms with van der Waals surface area (Å²) in [4.78, 5) is 0. The van der Waals surface area contributed by atoms with Crippen LogP contribution in [0.3, 0.4) is 0 Å². The number of rotatable bonds is 5. The van der Waals surface area contributed by atoms with Gasteiger partial charge in [-0.15, -0.1) is 10.2 Å². The molecule has 4 nitrogen and oxygen atoms in total. The van der Waals surface area contributed by atoms with Gasteiger partial charge in [0.2, 0.25) is 5.13 Å². The van der Waals surface area contributed by atoms with Crippen LogP contribution in [-0.2, 0) is 4.74 Å². The zero-order valence-corrected chi connectivity index (χ0v) is 14.7. The second-order valence-electron chi connectivity index (χ2n) is 5.26. The molecule has 3 rings (SSSR count). The third kappa shape index (κ3) is 4.35. The number of hydrogen-bond donors (Lipinski definition) is 1. The summed E-state index contributed by atoms with van der Waals surface area (Å²) in [6, 6.07) is 5.88. The summed E-state index contributed by atoms with van der Waals surface area (Å²) in [5.41, 5.74) is 1.99. The van der Waals surface area contributed by atoms with E-state index >= 15 is 0 Å². The first kappa shape index (κ1) is 16.1. The van der Waals surface area contributed by atoms with Crippen LogP contribution in [-0.4, -0.2) is 28.7 Å². The molecule has 1 atom stereocenters. The summed E-state index contributed by atoms with van der Waals surface area (Å²) < 4.78 is 6.70. The Morgan fingerprint density at radius 1 is 1.41 bits per heavy atom. The maximum Gasteiger partial charge on any atom is 0.210 e. The predicted octanol–water partition coefficient (Wildman–Crippen LogP) is 4.90. The molecule has 0 saturated carbocycles. The van der Waals surface area contributed by atoms with E-state index in [0.717, 1.165) is 44.5 Å². The zero-order chi connectivity index (χ0) is 15.4. The summed E-state index contributed by atoms with van der Waals surface area (Å²) in [6.45, 7) is 2.88. The van der Waals surface area contributed by atoms with Gasteiger partial charge >= 0.3 is 0 Å². The van der Waals surface area contributed by atoms with Crippen molar-refractivity contribution in [3.05, 3.63) is 28.8 Å². The Kier molecular flexibility index (Phi) is 5.57. The number of ether oxygens (including phenoxy) is 1. The highest BCUT2D eigenvalue weighted by atomic mass is 35.5.